The highest BCUT2D eigenvalue weighted by atomic mass is 35.5. The largest absolute Gasteiger partial charge is 0.493 e. The fourth-order valence-electron chi connectivity index (χ4n) is 3.59. The summed E-state index contributed by atoms with van der Waals surface area (Å²) < 4.78 is 11.5. The summed E-state index contributed by atoms with van der Waals surface area (Å²) in [4.78, 5) is 20.1. The summed E-state index contributed by atoms with van der Waals surface area (Å²) in [5.41, 5.74) is 2.90. The molecule has 182 valence electrons. The molecule has 3 aromatic carbocycles. The maximum atomic E-state index is 13.1. The fraction of sp³-hybridized carbons (Fsp3) is 0.179. The van der Waals surface area contributed by atoms with E-state index in [4.69, 9.17) is 21.1 Å². The number of amides is 1. The summed E-state index contributed by atoms with van der Waals surface area (Å²) in [5.74, 6) is 1.01. The summed E-state index contributed by atoms with van der Waals surface area (Å²) in [6.07, 6.45) is 2.64. The van der Waals surface area contributed by atoms with Gasteiger partial charge < -0.3 is 9.47 Å². The summed E-state index contributed by atoms with van der Waals surface area (Å²) in [6.45, 7) is 2.85. The molecule has 0 aromatic heterocycles. The number of methoxy groups -OCH3 is 1. The smallest absolute Gasteiger partial charge is 0.266 e. The Bertz CT molecular complexity index is 1360. The zero-order chi connectivity index (χ0) is 25.5. The lowest BCUT2D eigenvalue weighted by molar-refractivity contribution is -0.122. The van der Waals surface area contributed by atoms with Gasteiger partial charge in [-0.05, 0) is 72.3 Å². The van der Waals surface area contributed by atoms with Gasteiger partial charge in [-0.3, -0.25) is 9.69 Å². The second kappa shape index (κ2) is 11.8. The monoisotopic (exact) mass is 517 g/mol. The number of rotatable bonds is 8. The SMILES string of the molecule is CCCN1C(=O)/C(=C/c2ccc(OCc3ccccc3C#N)c(OC)c2)SC1=Nc1ccc(Cl)cc1. The molecule has 36 heavy (non-hydrogen) atoms. The Balaban J connectivity index is 1.56. The van der Waals surface area contributed by atoms with E-state index in [2.05, 4.69) is 11.1 Å². The van der Waals surface area contributed by atoms with Gasteiger partial charge in [0, 0.05) is 17.1 Å². The Morgan fingerprint density at radius 1 is 1.11 bits per heavy atom. The van der Waals surface area contributed by atoms with Crippen molar-refractivity contribution in [1.82, 2.24) is 4.90 Å². The maximum absolute atomic E-state index is 13.1. The van der Waals surface area contributed by atoms with Crippen molar-refractivity contribution < 1.29 is 14.3 Å². The Kier molecular flexibility index (Phi) is 8.32. The molecular formula is C28H24ClN3O3S. The van der Waals surface area contributed by atoms with Gasteiger partial charge in [-0.15, -0.1) is 0 Å². The van der Waals surface area contributed by atoms with Crippen molar-refractivity contribution in [3.05, 3.63) is 93.3 Å². The van der Waals surface area contributed by atoms with Crippen molar-refractivity contribution in [2.75, 3.05) is 13.7 Å². The third-order valence-electron chi connectivity index (χ3n) is 5.39. The average Bonchev–Trinajstić information content (AvgIpc) is 3.18. The molecule has 6 nitrogen and oxygen atoms in total. The van der Waals surface area contributed by atoms with Crippen LogP contribution in [0.2, 0.25) is 5.02 Å². The van der Waals surface area contributed by atoms with Crippen LogP contribution in [0.25, 0.3) is 6.08 Å². The van der Waals surface area contributed by atoms with Crippen molar-refractivity contribution in [2.45, 2.75) is 20.0 Å². The van der Waals surface area contributed by atoms with E-state index in [1.165, 1.54) is 11.8 Å². The number of aliphatic imine (C=N–C) groups is 1. The molecule has 1 heterocycles. The summed E-state index contributed by atoms with van der Waals surface area (Å²) in [6, 6.07) is 22.2. The summed E-state index contributed by atoms with van der Waals surface area (Å²) >= 11 is 7.33. The first-order chi connectivity index (χ1) is 17.5. The molecule has 1 saturated heterocycles. The van der Waals surface area contributed by atoms with E-state index in [1.54, 1.807) is 36.3 Å². The molecule has 0 N–H and O–H groups in total. The highest BCUT2D eigenvalue weighted by Crippen LogP contribution is 2.36. The van der Waals surface area contributed by atoms with Crippen molar-refractivity contribution in [2.24, 2.45) is 4.99 Å². The molecule has 0 spiro atoms. The van der Waals surface area contributed by atoms with E-state index >= 15 is 0 Å². The number of hydrogen-bond donors (Lipinski definition) is 0. The van der Waals surface area contributed by atoms with Crippen LogP contribution in [0.15, 0.2) is 76.6 Å². The van der Waals surface area contributed by atoms with Gasteiger partial charge in [0.05, 0.1) is 29.3 Å². The van der Waals surface area contributed by atoms with E-state index in [-0.39, 0.29) is 12.5 Å². The number of amidine groups is 1. The number of ether oxygens (including phenoxy) is 2. The van der Waals surface area contributed by atoms with E-state index < -0.39 is 0 Å². The molecule has 3 aromatic rings. The van der Waals surface area contributed by atoms with E-state index in [1.807, 2.05) is 55.5 Å². The Morgan fingerprint density at radius 3 is 2.61 bits per heavy atom. The van der Waals surface area contributed by atoms with Gasteiger partial charge in [0.25, 0.3) is 5.91 Å². The minimum absolute atomic E-state index is 0.0815. The van der Waals surface area contributed by atoms with Gasteiger partial charge in [-0.1, -0.05) is 42.8 Å². The van der Waals surface area contributed by atoms with Gasteiger partial charge in [-0.25, -0.2) is 4.99 Å². The molecule has 0 radical (unpaired) electrons. The average molecular weight is 518 g/mol. The second-order valence-corrected chi connectivity index (χ2v) is 9.35. The molecule has 0 saturated carbocycles. The van der Waals surface area contributed by atoms with Crippen LogP contribution >= 0.6 is 23.4 Å². The van der Waals surface area contributed by atoms with Crippen LogP contribution in [0.5, 0.6) is 11.5 Å². The first-order valence-corrected chi connectivity index (χ1v) is 12.6. The highest BCUT2D eigenvalue weighted by molar-refractivity contribution is 8.18. The molecule has 1 aliphatic heterocycles. The van der Waals surface area contributed by atoms with Gasteiger partial charge >= 0.3 is 0 Å². The highest BCUT2D eigenvalue weighted by Gasteiger charge is 2.32. The molecule has 4 rings (SSSR count). The Morgan fingerprint density at radius 2 is 1.89 bits per heavy atom. The zero-order valence-corrected chi connectivity index (χ0v) is 21.5. The van der Waals surface area contributed by atoms with E-state index in [0.29, 0.717) is 38.7 Å². The molecule has 0 bridgehead atoms. The van der Waals surface area contributed by atoms with Crippen molar-refractivity contribution in [1.29, 1.82) is 5.26 Å². The minimum atomic E-state index is -0.0815. The minimum Gasteiger partial charge on any atom is -0.493 e. The van der Waals surface area contributed by atoms with Crippen LogP contribution in [0, 0.1) is 11.3 Å². The topological polar surface area (TPSA) is 74.9 Å². The Labute approximate surface area is 219 Å². The third-order valence-corrected chi connectivity index (χ3v) is 6.65. The van der Waals surface area contributed by atoms with Crippen molar-refractivity contribution in [3.8, 4) is 17.6 Å². The molecule has 1 aliphatic rings. The number of benzene rings is 3. The first-order valence-electron chi connectivity index (χ1n) is 11.4. The number of hydrogen-bond acceptors (Lipinski definition) is 6. The molecule has 0 unspecified atom stereocenters. The molecule has 8 heteroatoms. The van der Waals surface area contributed by atoms with Crippen molar-refractivity contribution in [3.63, 3.8) is 0 Å². The number of carbonyl (C=O) groups is 1. The normalized spacial score (nSPS) is 15.4. The molecular weight excluding hydrogens is 494 g/mol. The number of carbonyl (C=O) groups excluding carboxylic acids is 1. The van der Waals surface area contributed by atoms with Gasteiger partial charge in [0.2, 0.25) is 0 Å². The van der Waals surface area contributed by atoms with Crippen LogP contribution in [-0.4, -0.2) is 29.6 Å². The summed E-state index contributed by atoms with van der Waals surface area (Å²) in [5, 5.41) is 10.6. The number of thioether (sulfide) groups is 1. The van der Waals surface area contributed by atoms with Gasteiger partial charge in [0.1, 0.15) is 6.61 Å². The number of halogens is 1. The number of nitriles is 1. The second-order valence-electron chi connectivity index (χ2n) is 7.91. The van der Waals surface area contributed by atoms with Crippen LogP contribution in [-0.2, 0) is 11.4 Å². The zero-order valence-electron chi connectivity index (χ0n) is 19.9. The van der Waals surface area contributed by atoms with E-state index in [9.17, 15) is 10.1 Å². The number of nitrogens with zero attached hydrogens (tertiary/aromatic N) is 3. The Hall–Kier alpha value is -3.73. The van der Waals surface area contributed by atoms with Crippen molar-refractivity contribution >= 4 is 46.2 Å². The van der Waals surface area contributed by atoms with Gasteiger partial charge in [0.15, 0.2) is 16.7 Å². The fourth-order valence-corrected chi connectivity index (χ4v) is 4.74. The molecule has 0 atom stereocenters. The van der Waals surface area contributed by atoms with Gasteiger partial charge in [-0.2, -0.15) is 5.26 Å². The predicted octanol–water partition coefficient (Wildman–Crippen LogP) is 6.81. The first kappa shape index (κ1) is 25.4. The van der Waals surface area contributed by atoms with Crippen LogP contribution < -0.4 is 9.47 Å². The lowest BCUT2D eigenvalue weighted by atomic mass is 10.1. The summed E-state index contributed by atoms with van der Waals surface area (Å²) in [7, 11) is 1.57. The van der Waals surface area contributed by atoms with Crippen LogP contribution in [0.3, 0.4) is 0 Å². The third kappa shape index (κ3) is 5.91. The van der Waals surface area contributed by atoms with Crippen LogP contribution in [0.4, 0.5) is 5.69 Å². The maximum Gasteiger partial charge on any atom is 0.266 e. The lowest BCUT2D eigenvalue weighted by Crippen LogP contribution is -2.29. The van der Waals surface area contributed by atoms with E-state index in [0.717, 1.165) is 23.2 Å². The molecule has 1 fully saturated rings. The van der Waals surface area contributed by atoms with Crippen LogP contribution in [0.1, 0.15) is 30.0 Å². The standard InChI is InChI=1S/C28H24ClN3O3S/c1-3-14-32-27(33)26(36-28(32)31-23-11-9-22(29)10-12-23)16-19-8-13-24(25(15-19)34-2)35-18-21-7-5-4-6-20(21)17-30/h4-13,15-16H,3,14,18H2,1-2H3/b26-16-,31-28?. The molecule has 1 amide bonds. The predicted molar refractivity (Wildman–Crippen MR) is 145 cm³/mol. The molecule has 0 aliphatic carbocycles. The quantitative estimate of drug-likeness (QED) is 0.307. The lowest BCUT2D eigenvalue weighted by Gasteiger charge is -2.14.